The summed E-state index contributed by atoms with van der Waals surface area (Å²) in [7, 11) is -4.11. The van der Waals surface area contributed by atoms with Gasteiger partial charge in [0.05, 0.1) is 16.3 Å². The number of carbonyl (C=O) groups is 1. The number of hydrogen-bond acceptors (Lipinski definition) is 5. The van der Waals surface area contributed by atoms with E-state index in [1.807, 2.05) is 0 Å². The molecule has 0 atom stereocenters. The van der Waals surface area contributed by atoms with Crippen molar-refractivity contribution in [3.05, 3.63) is 82.6 Å². The zero-order valence-electron chi connectivity index (χ0n) is 16.5. The number of alkyl halides is 3. The van der Waals surface area contributed by atoms with Gasteiger partial charge in [-0.15, -0.1) is 0 Å². The van der Waals surface area contributed by atoms with Crippen molar-refractivity contribution in [3.63, 3.8) is 0 Å². The smallest absolute Gasteiger partial charge is 0.379 e. The number of carbonyl (C=O) groups excluding carboxylic acids is 1. The van der Waals surface area contributed by atoms with Crippen LogP contribution in [0, 0.1) is 0 Å². The van der Waals surface area contributed by atoms with Gasteiger partial charge < -0.3 is 9.50 Å². The summed E-state index contributed by atoms with van der Waals surface area (Å²) in [6, 6.07) is 12.2. The first-order valence-corrected chi connectivity index (χ1v) is 10.9. The Hall–Kier alpha value is -3.11. The molecule has 0 radical (unpaired) electrons. The van der Waals surface area contributed by atoms with Crippen LogP contribution in [0.2, 0.25) is 5.02 Å². The number of hydrogen-bond donors (Lipinski definition) is 1. The Bertz CT molecular complexity index is 1230. The first-order chi connectivity index (χ1) is 14.9. The van der Waals surface area contributed by atoms with Crippen LogP contribution in [0.4, 0.5) is 18.9 Å². The summed E-state index contributed by atoms with van der Waals surface area (Å²) in [4.78, 5) is 14.7. The standard InChI is InChI=1S/C21H16ClF3N2O4S/c1-13(28)27-16-4-8-18(9-5-16)32(29,30)31-17-6-2-14(3-7-17)10-20-19(22)11-15(12-26-20)21(23,24)25/h2-9,11-12H,10H2,1H3,(H,27,28). The van der Waals surface area contributed by atoms with Gasteiger partial charge in [-0.3, -0.25) is 9.78 Å². The molecule has 0 unspecified atom stereocenters. The maximum absolute atomic E-state index is 12.7. The third kappa shape index (κ3) is 5.98. The second-order valence-corrected chi connectivity index (χ2v) is 8.67. The predicted molar refractivity (Wildman–Crippen MR) is 112 cm³/mol. The largest absolute Gasteiger partial charge is 0.417 e. The Morgan fingerprint density at radius 1 is 1.09 bits per heavy atom. The second kappa shape index (κ2) is 9.17. The van der Waals surface area contributed by atoms with Crippen molar-refractivity contribution in [1.29, 1.82) is 0 Å². The zero-order valence-corrected chi connectivity index (χ0v) is 18.1. The summed E-state index contributed by atoms with van der Waals surface area (Å²) in [5.74, 6) is -0.240. The van der Waals surface area contributed by atoms with Gasteiger partial charge in [-0.2, -0.15) is 21.6 Å². The lowest BCUT2D eigenvalue weighted by Crippen LogP contribution is -2.10. The number of nitrogens with one attached hydrogen (secondary N) is 1. The highest BCUT2D eigenvalue weighted by Crippen LogP contribution is 2.31. The van der Waals surface area contributed by atoms with Gasteiger partial charge in [0.1, 0.15) is 10.6 Å². The molecular weight excluding hydrogens is 469 g/mol. The van der Waals surface area contributed by atoms with Gasteiger partial charge in [-0.1, -0.05) is 23.7 Å². The lowest BCUT2D eigenvalue weighted by atomic mass is 10.1. The molecular formula is C21H16ClF3N2O4S. The van der Waals surface area contributed by atoms with Crippen LogP contribution in [-0.2, 0) is 27.5 Å². The van der Waals surface area contributed by atoms with E-state index >= 15 is 0 Å². The molecule has 2 aromatic carbocycles. The third-order valence-corrected chi connectivity index (χ3v) is 5.80. The molecule has 32 heavy (non-hydrogen) atoms. The number of halogens is 4. The normalized spacial score (nSPS) is 11.8. The molecule has 0 aliphatic carbocycles. The van der Waals surface area contributed by atoms with Gasteiger partial charge in [0.15, 0.2) is 0 Å². The minimum Gasteiger partial charge on any atom is -0.379 e. The van der Waals surface area contributed by atoms with Crippen LogP contribution < -0.4 is 9.50 Å². The van der Waals surface area contributed by atoms with Crippen LogP contribution in [0.5, 0.6) is 5.75 Å². The van der Waals surface area contributed by atoms with E-state index in [1.54, 1.807) is 12.1 Å². The molecule has 3 rings (SSSR count). The van der Waals surface area contributed by atoms with Gasteiger partial charge in [0.2, 0.25) is 5.91 Å². The molecule has 0 fully saturated rings. The fraction of sp³-hybridized carbons (Fsp3) is 0.143. The van der Waals surface area contributed by atoms with E-state index in [-0.39, 0.29) is 33.7 Å². The highest BCUT2D eigenvalue weighted by molar-refractivity contribution is 7.87. The van der Waals surface area contributed by atoms with E-state index in [4.69, 9.17) is 15.8 Å². The van der Waals surface area contributed by atoms with Crippen molar-refractivity contribution in [2.75, 3.05) is 5.32 Å². The van der Waals surface area contributed by atoms with Crippen LogP contribution in [0.1, 0.15) is 23.7 Å². The molecule has 168 valence electrons. The monoisotopic (exact) mass is 484 g/mol. The molecule has 1 N–H and O–H groups in total. The van der Waals surface area contributed by atoms with Crippen molar-refractivity contribution in [3.8, 4) is 5.75 Å². The van der Waals surface area contributed by atoms with Crippen LogP contribution in [0.15, 0.2) is 65.7 Å². The Morgan fingerprint density at radius 2 is 1.72 bits per heavy atom. The molecule has 0 spiro atoms. The first-order valence-electron chi connectivity index (χ1n) is 9.07. The van der Waals surface area contributed by atoms with Crippen LogP contribution in [0.25, 0.3) is 0 Å². The minimum absolute atomic E-state index is 0.0474. The summed E-state index contributed by atoms with van der Waals surface area (Å²) < 4.78 is 68.1. The summed E-state index contributed by atoms with van der Waals surface area (Å²) in [5, 5.41) is 2.41. The average molecular weight is 485 g/mol. The molecule has 1 aromatic heterocycles. The molecule has 0 bridgehead atoms. The first kappa shape index (κ1) is 23.6. The minimum atomic E-state index is -4.54. The van der Waals surface area contributed by atoms with E-state index in [9.17, 15) is 26.4 Å². The molecule has 0 saturated carbocycles. The third-order valence-electron chi connectivity index (χ3n) is 4.21. The number of benzene rings is 2. The van der Waals surface area contributed by atoms with E-state index in [0.29, 0.717) is 17.4 Å². The van der Waals surface area contributed by atoms with Crippen molar-refractivity contribution in [2.45, 2.75) is 24.4 Å². The topological polar surface area (TPSA) is 85.4 Å². The summed E-state index contributed by atoms with van der Waals surface area (Å²) in [6.07, 6.45) is -3.68. The number of aromatic nitrogens is 1. The summed E-state index contributed by atoms with van der Waals surface area (Å²) in [6.45, 7) is 1.33. The van der Waals surface area contributed by atoms with E-state index in [1.165, 1.54) is 43.3 Å². The number of pyridine rings is 1. The van der Waals surface area contributed by atoms with Crippen molar-refractivity contribution in [2.24, 2.45) is 0 Å². The lowest BCUT2D eigenvalue weighted by molar-refractivity contribution is -0.137. The quantitative estimate of drug-likeness (QED) is 0.494. The Labute approximate surface area is 187 Å². The van der Waals surface area contributed by atoms with Gasteiger partial charge in [0, 0.05) is 25.2 Å². The Balaban J connectivity index is 1.70. The summed E-state index contributed by atoms with van der Waals surface area (Å²) in [5.41, 5.74) is 0.394. The van der Waals surface area contributed by atoms with Gasteiger partial charge in [-0.05, 0) is 48.0 Å². The number of amides is 1. The van der Waals surface area contributed by atoms with Crippen molar-refractivity contribution >= 4 is 33.3 Å². The SMILES string of the molecule is CC(=O)Nc1ccc(S(=O)(=O)Oc2ccc(Cc3ncc(C(F)(F)F)cc3Cl)cc2)cc1. The highest BCUT2D eigenvalue weighted by Gasteiger charge is 2.31. The number of anilines is 1. The number of nitrogens with zero attached hydrogens (tertiary/aromatic N) is 1. The fourth-order valence-corrected chi connectivity index (χ4v) is 3.85. The van der Waals surface area contributed by atoms with Gasteiger partial charge >= 0.3 is 16.3 Å². The predicted octanol–water partition coefficient (Wildman–Crippen LogP) is 5.07. The van der Waals surface area contributed by atoms with E-state index in [0.717, 1.165) is 6.07 Å². The molecule has 3 aromatic rings. The van der Waals surface area contributed by atoms with E-state index < -0.39 is 21.9 Å². The highest BCUT2D eigenvalue weighted by atomic mass is 35.5. The molecule has 0 aliphatic rings. The molecule has 0 aliphatic heterocycles. The van der Waals surface area contributed by atoms with Gasteiger partial charge in [-0.25, -0.2) is 0 Å². The van der Waals surface area contributed by atoms with Gasteiger partial charge in [0.25, 0.3) is 0 Å². The molecule has 1 amide bonds. The summed E-state index contributed by atoms with van der Waals surface area (Å²) >= 11 is 5.92. The molecule has 1 heterocycles. The van der Waals surface area contributed by atoms with Crippen molar-refractivity contribution < 1.29 is 30.6 Å². The van der Waals surface area contributed by atoms with E-state index in [2.05, 4.69) is 10.3 Å². The number of rotatable bonds is 6. The van der Waals surface area contributed by atoms with Crippen LogP contribution >= 0.6 is 11.6 Å². The molecule has 0 saturated heterocycles. The zero-order chi connectivity index (χ0) is 23.5. The Morgan fingerprint density at radius 3 is 2.25 bits per heavy atom. The van der Waals surface area contributed by atoms with Crippen molar-refractivity contribution in [1.82, 2.24) is 4.98 Å². The second-order valence-electron chi connectivity index (χ2n) is 6.71. The van der Waals surface area contributed by atoms with Crippen LogP contribution in [-0.4, -0.2) is 19.3 Å². The van der Waals surface area contributed by atoms with Crippen LogP contribution in [0.3, 0.4) is 0 Å². The molecule has 11 heteroatoms. The average Bonchev–Trinajstić information content (AvgIpc) is 2.70. The Kier molecular flexibility index (Phi) is 6.75. The lowest BCUT2D eigenvalue weighted by Gasteiger charge is -2.10. The fourth-order valence-electron chi connectivity index (χ4n) is 2.69. The maximum Gasteiger partial charge on any atom is 0.417 e. The maximum atomic E-state index is 12.7. The molecule has 6 nitrogen and oxygen atoms in total.